The molecule has 8 nitrogen and oxygen atoms in total. The third kappa shape index (κ3) is 3.04. The molecular weight excluding hydrogens is 348 g/mol. The largest absolute Gasteiger partial charge is 0.326 e. The van der Waals surface area contributed by atoms with E-state index in [0.29, 0.717) is 23.6 Å². The highest BCUT2D eigenvalue weighted by atomic mass is 16.2. The Kier molecular flexibility index (Phi) is 4.32. The number of hydrogen-bond donors (Lipinski definition) is 2. The van der Waals surface area contributed by atoms with Crippen molar-refractivity contribution in [3.63, 3.8) is 0 Å². The third-order valence-electron chi connectivity index (χ3n) is 5.66. The summed E-state index contributed by atoms with van der Waals surface area (Å²) in [4.78, 5) is 52.2. The molecule has 3 aliphatic heterocycles. The fraction of sp³-hybridized carbons (Fsp3) is 0.474. The van der Waals surface area contributed by atoms with E-state index in [1.165, 1.54) is 0 Å². The molecule has 0 bridgehead atoms. The zero-order valence-corrected chi connectivity index (χ0v) is 15.1. The van der Waals surface area contributed by atoms with Gasteiger partial charge in [0.05, 0.1) is 11.1 Å². The van der Waals surface area contributed by atoms with Gasteiger partial charge in [-0.1, -0.05) is 13.0 Å². The molecule has 142 valence electrons. The van der Waals surface area contributed by atoms with E-state index in [4.69, 9.17) is 5.73 Å². The maximum Gasteiger partial charge on any atom is 0.262 e. The number of rotatable bonds is 3. The molecular formula is C19H22N4O4. The van der Waals surface area contributed by atoms with Gasteiger partial charge in [-0.2, -0.15) is 0 Å². The number of piperidine rings is 1. The van der Waals surface area contributed by atoms with E-state index in [2.05, 4.69) is 17.1 Å². The lowest BCUT2D eigenvalue weighted by Gasteiger charge is -2.27. The number of fused-ring (bicyclic) bond motifs is 1. The van der Waals surface area contributed by atoms with E-state index in [9.17, 15) is 19.2 Å². The number of imide groups is 2. The SMILES string of the molecule is CC1CN(Cc2ccc3c(c2)C(=O)N(C2CCC(=O)NC2=O)C3=O)CC1N. The van der Waals surface area contributed by atoms with Crippen LogP contribution in [0.15, 0.2) is 18.2 Å². The standard InChI is InChI=1S/C19H22N4O4/c1-10-7-22(9-14(10)20)8-11-2-3-12-13(6-11)19(27)23(18(12)26)15-4-5-16(24)21-17(15)25/h2-3,6,10,14-15H,4-5,7-9,20H2,1H3,(H,21,24,25). The second-order valence-electron chi connectivity index (χ2n) is 7.66. The smallest absolute Gasteiger partial charge is 0.262 e. The van der Waals surface area contributed by atoms with Gasteiger partial charge in [-0.15, -0.1) is 0 Å². The Morgan fingerprint density at radius 2 is 1.85 bits per heavy atom. The van der Waals surface area contributed by atoms with Gasteiger partial charge in [0.2, 0.25) is 11.8 Å². The number of nitrogens with zero attached hydrogens (tertiary/aromatic N) is 2. The van der Waals surface area contributed by atoms with Gasteiger partial charge in [-0.25, -0.2) is 0 Å². The Hall–Kier alpha value is -2.58. The first kappa shape index (κ1) is 17.8. The minimum Gasteiger partial charge on any atom is -0.326 e. The minimum absolute atomic E-state index is 0.114. The normalized spacial score (nSPS) is 28.7. The van der Waals surface area contributed by atoms with E-state index < -0.39 is 23.8 Å². The number of amides is 4. The Labute approximate surface area is 156 Å². The van der Waals surface area contributed by atoms with Crippen LogP contribution in [0, 0.1) is 5.92 Å². The van der Waals surface area contributed by atoms with Crippen LogP contribution in [-0.2, 0) is 16.1 Å². The lowest BCUT2D eigenvalue weighted by Crippen LogP contribution is -2.54. The zero-order chi connectivity index (χ0) is 19.3. The van der Waals surface area contributed by atoms with Crippen molar-refractivity contribution in [3.8, 4) is 0 Å². The zero-order valence-electron chi connectivity index (χ0n) is 15.1. The molecule has 2 saturated heterocycles. The predicted molar refractivity (Wildman–Crippen MR) is 95.5 cm³/mol. The van der Waals surface area contributed by atoms with Crippen LogP contribution >= 0.6 is 0 Å². The first-order chi connectivity index (χ1) is 12.8. The Morgan fingerprint density at radius 3 is 2.52 bits per heavy atom. The van der Waals surface area contributed by atoms with Crippen molar-refractivity contribution >= 4 is 23.6 Å². The summed E-state index contributed by atoms with van der Waals surface area (Å²) in [7, 11) is 0. The van der Waals surface area contributed by atoms with Gasteiger partial charge in [-0.3, -0.25) is 34.3 Å². The van der Waals surface area contributed by atoms with Gasteiger partial charge >= 0.3 is 0 Å². The maximum absolute atomic E-state index is 12.8. The second-order valence-corrected chi connectivity index (χ2v) is 7.66. The summed E-state index contributed by atoms with van der Waals surface area (Å²) < 4.78 is 0. The van der Waals surface area contributed by atoms with Gasteiger partial charge in [0.1, 0.15) is 6.04 Å². The highest BCUT2D eigenvalue weighted by Crippen LogP contribution is 2.29. The van der Waals surface area contributed by atoms with Crippen LogP contribution in [0.25, 0.3) is 0 Å². The lowest BCUT2D eigenvalue weighted by molar-refractivity contribution is -0.136. The van der Waals surface area contributed by atoms with Crippen molar-refractivity contribution in [2.24, 2.45) is 11.7 Å². The molecule has 27 heavy (non-hydrogen) atoms. The molecule has 3 unspecified atom stereocenters. The van der Waals surface area contributed by atoms with Crippen molar-refractivity contribution in [1.29, 1.82) is 0 Å². The molecule has 4 amide bonds. The molecule has 3 N–H and O–H groups in total. The van der Waals surface area contributed by atoms with Gasteiger partial charge in [0, 0.05) is 32.1 Å². The number of carbonyl (C=O) groups excluding carboxylic acids is 4. The van der Waals surface area contributed by atoms with E-state index in [-0.39, 0.29) is 24.8 Å². The molecule has 0 aliphatic carbocycles. The summed E-state index contributed by atoms with van der Waals surface area (Å²) in [5.41, 5.74) is 7.62. The molecule has 1 aromatic carbocycles. The molecule has 1 aromatic rings. The monoisotopic (exact) mass is 370 g/mol. The van der Waals surface area contributed by atoms with Gasteiger partial charge in [-0.05, 0) is 30.0 Å². The molecule has 3 heterocycles. The number of likely N-dealkylation sites (tertiary alicyclic amines) is 1. The number of hydrogen-bond acceptors (Lipinski definition) is 6. The number of benzene rings is 1. The Morgan fingerprint density at radius 1 is 1.11 bits per heavy atom. The third-order valence-corrected chi connectivity index (χ3v) is 5.66. The fourth-order valence-electron chi connectivity index (χ4n) is 4.10. The minimum atomic E-state index is -0.934. The summed E-state index contributed by atoms with van der Waals surface area (Å²) >= 11 is 0. The van der Waals surface area contributed by atoms with Crippen molar-refractivity contribution in [2.45, 2.75) is 38.4 Å². The molecule has 3 atom stereocenters. The summed E-state index contributed by atoms with van der Waals surface area (Å²) in [6.45, 7) is 4.47. The van der Waals surface area contributed by atoms with E-state index in [0.717, 1.165) is 23.6 Å². The number of nitrogens with one attached hydrogen (secondary N) is 1. The highest BCUT2D eigenvalue weighted by molar-refractivity contribution is 6.23. The molecule has 3 aliphatic rings. The van der Waals surface area contributed by atoms with Crippen LogP contribution in [0.3, 0.4) is 0 Å². The quantitative estimate of drug-likeness (QED) is 0.717. The van der Waals surface area contributed by atoms with E-state index in [1.807, 2.05) is 6.07 Å². The lowest BCUT2D eigenvalue weighted by atomic mass is 10.0. The topological polar surface area (TPSA) is 113 Å². The summed E-state index contributed by atoms with van der Waals surface area (Å²) in [6.07, 6.45) is 0.273. The van der Waals surface area contributed by atoms with Crippen LogP contribution in [0.5, 0.6) is 0 Å². The van der Waals surface area contributed by atoms with E-state index in [1.54, 1.807) is 12.1 Å². The highest BCUT2D eigenvalue weighted by Gasteiger charge is 2.44. The van der Waals surface area contributed by atoms with Crippen molar-refractivity contribution < 1.29 is 19.2 Å². The number of nitrogens with two attached hydrogens (primary N) is 1. The molecule has 2 fully saturated rings. The maximum atomic E-state index is 12.8. The average Bonchev–Trinajstić information content (AvgIpc) is 3.05. The Balaban J connectivity index is 1.55. The predicted octanol–water partition coefficient (Wildman–Crippen LogP) is -0.133. The molecule has 0 radical (unpaired) electrons. The first-order valence-electron chi connectivity index (χ1n) is 9.17. The summed E-state index contributed by atoms with van der Waals surface area (Å²) in [6, 6.07) is 4.43. The van der Waals surface area contributed by atoms with Gasteiger partial charge < -0.3 is 5.73 Å². The second kappa shape index (κ2) is 6.54. The Bertz CT molecular complexity index is 842. The summed E-state index contributed by atoms with van der Waals surface area (Å²) in [5.74, 6) is -1.51. The van der Waals surface area contributed by atoms with Crippen molar-refractivity contribution in [2.75, 3.05) is 13.1 Å². The van der Waals surface area contributed by atoms with Crippen molar-refractivity contribution in [1.82, 2.24) is 15.1 Å². The van der Waals surface area contributed by atoms with Gasteiger partial charge in [0.25, 0.3) is 11.8 Å². The van der Waals surface area contributed by atoms with Crippen LogP contribution in [0.4, 0.5) is 0 Å². The number of carbonyl (C=O) groups is 4. The fourth-order valence-corrected chi connectivity index (χ4v) is 4.10. The molecule has 8 heteroatoms. The summed E-state index contributed by atoms with van der Waals surface area (Å²) in [5, 5.41) is 2.20. The molecule has 0 aromatic heterocycles. The van der Waals surface area contributed by atoms with Crippen LogP contribution in [-0.4, -0.2) is 58.6 Å². The van der Waals surface area contributed by atoms with Crippen LogP contribution in [0.2, 0.25) is 0 Å². The molecule has 4 rings (SSSR count). The van der Waals surface area contributed by atoms with Crippen molar-refractivity contribution in [3.05, 3.63) is 34.9 Å². The van der Waals surface area contributed by atoms with Crippen LogP contribution < -0.4 is 11.1 Å². The van der Waals surface area contributed by atoms with Gasteiger partial charge in [0.15, 0.2) is 0 Å². The molecule has 0 spiro atoms. The van der Waals surface area contributed by atoms with E-state index >= 15 is 0 Å². The average molecular weight is 370 g/mol. The molecule has 0 saturated carbocycles. The first-order valence-corrected chi connectivity index (χ1v) is 9.17. The van der Waals surface area contributed by atoms with Crippen LogP contribution in [0.1, 0.15) is 46.0 Å².